The normalized spacial score (nSPS) is 17.1. The molecular formula is C22H23N3O2. The Bertz CT molecular complexity index is 887. The van der Waals surface area contributed by atoms with Gasteiger partial charge in [-0.15, -0.1) is 0 Å². The van der Waals surface area contributed by atoms with Gasteiger partial charge in [0.2, 0.25) is 11.8 Å². The summed E-state index contributed by atoms with van der Waals surface area (Å²) in [6.45, 7) is 0. The van der Waals surface area contributed by atoms with E-state index >= 15 is 0 Å². The molecule has 27 heavy (non-hydrogen) atoms. The summed E-state index contributed by atoms with van der Waals surface area (Å²) in [5.41, 5.74) is 14.7. The number of hydrogen-bond acceptors (Lipinski definition) is 3. The fraction of sp³-hybridized carbons (Fsp3) is 0.182. The van der Waals surface area contributed by atoms with E-state index in [-0.39, 0.29) is 11.8 Å². The highest BCUT2D eigenvalue weighted by Gasteiger charge is 2.25. The fourth-order valence-electron chi connectivity index (χ4n) is 3.28. The minimum atomic E-state index is -0.669. The molecule has 0 bridgehead atoms. The van der Waals surface area contributed by atoms with Crippen LogP contribution in [0.2, 0.25) is 0 Å². The van der Waals surface area contributed by atoms with E-state index in [1.54, 1.807) is 6.08 Å². The van der Waals surface area contributed by atoms with Crippen LogP contribution in [0.4, 0.5) is 5.69 Å². The number of amides is 2. The number of rotatable bonds is 6. The lowest BCUT2D eigenvalue weighted by atomic mass is 9.84. The van der Waals surface area contributed by atoms with Gasteiger partial charge in [0.05, 0.1) is 6.04 Å². The second-order valence-electron chi connectivity index (χ2n) is 6.58. The third-order valence-electron chi connectivity index (χ3n) is 4.67. The van der Waals surface area contributed by atoms with Crippen molar-refractivity contribution in [3.05, 3.63) is 89.5 Å². The number of hydrogen-bond donors (Lipinski definition) is 3. The molecule has 0 aliphatic heterocycles. The minimum Gasteiger partial charge on any atom is -0.366 e. The predicted molar refractivity (Wildman–Crippen MR) is 107 cm³/mol. The Morgan fingerprint density at radius 2 is 1.78 bits per heavy atom. The standard InChI is InChI=1S/C22H23N3O2/c23-19(14-15-8-2-1-3-9-15)22(27)25-20-13-7-6-11-17(20)16-10-4-5-12-18(16)21(24)26/h1-9,11-13,16,19H,10,14,23H2,(H2,24,26)(H,25,27). The van der Waals surface area contributed by atoms with Crippen LogP contribution in [0.1, 0.15) is 23.5 Å². The summed E-state index contributed by atoms with van der Waals surface area (Å²) in [5, 5.41) is 2.92. The summed E-state index contributed by atoms with van der Waals surface area (Å²) < 4.78 is 0. The van der Waals surface area contributed by atoms with E-state index in [1.165, 1.54) is 0 Å². The van der Waals surface area contributed by atoms with Crippen LogP contribution < -0.4 is 16.8 Å². The SMILES string of the molecule is NC(=O)C1=CC=CCC1c1ccccc1NC(=O)C(N)Cc1ccccc1. The zero-order valence-corrected chi connectivity index (χ0v) is 15.0. The molecule has 0 fully saturated rings. The number of anilines is 1. The van der Waals surface area contributed by atoms with Crippen molar-refractivity contribution in [3.63, 3.8) is 0 Å². The lowest BCUT2D eigenvalue weighted by Crippen LogP contribution is -2.37. The van der Waals surface area contributed by atoms with E-state index in [1.807, 2.05) is 66.7 Å². The van der Waals surface area contributed by atoms with Crippen molar-refractivity contribution in [2.75, 3.05) is 5.32 Å². The molecule has 1 aliphatic carbocycles. The van der Waals surface area contributed by atoms with Gasteiger partial charge in [0.25, 0.3) is 0 Å². The first-order valence-electron chi connectivity index (χ1n) is 8.92. The van der Waals surface area contributed by atoms with E-state index in [2.05, 4.69) is 5.32 Å². The molecule has 2 aromatic rings. The quantitative estimate of drug-likeness (QED) is 0.738. The highest BCUT2D eigenvalue weighted by atomic mass is 16.2. The number of nitrogens with two attached hydrogens (primary N) is 2. The van der Waals surface area contributed by atoms with Gasteiger partial charge in [0.15, 0.2) is 0 Å². The van der Waals surface area contributed by atoms with Crippen molar-refractivity contribution in [3.8, 4) is 0 Å². The summed E-state index contributed by atoms with van der Waals surface area (Å²) in [7, 11) is 0. The Morgan fingerprint density at radius 1 is 1.07 bits per heavy atom. The molecule has 2 unspecified atom stereocenters. The molecule has 138 valence electrons. The fourth-order valence-corrected chi connectivity index (χ4v) is 3.28. The van der Waals surface area contributed by atoms with Crippen LogP contribution in [-0.4, -0.2) is 17.9 Å². The maximum atomic E-state index is 12.6. The van der Waals surface area contributed by atoms with E-state index in [0.29, 0.717) is 24.1 Å². The molecule has 0 aromatic heterocycles. The van der Waals surface area contributed by atoms with E-state index in [4.69, 9.17) is 11.5 Å². The van der Waals surface area contributed by atoms with E-state index in [0.717, 1.165) is 11.1 Å². The van der Waals surface area contributed by atoms with Crippen molar-refractivity contribution in [2.45, 2.75) is 24.8 Å². The van der Waals surface area contributed by atoms with Gasteiger partial charge in [0, 0.05) is 17.2 Å². The van der Waals surface area contributed by atoms with Gasteiger partial charge in [0.1, 0.15) is 0 Å². The number of allylic oxidation sites excluding steroid dienone is 3. The molecule has 1 aliphatic rings. The zero-order valence-electron chi connectivity index (χ0n) is 15.0. The monoisotopic (exact) mass is 361 g/mol. The zero-order chi connectivity index (χ0) is 19.2. The summed E-state index contributed by atoms with van der Waals surface area (Å²) in [5.74, 6) is -0.900. The van der Waals surface area contributed by atoms with Crippen LogP contribution in [0.5, 0.6) is 0 Å². The Balaban J connectivity index is 1.78. The number of carbonyl (C=O) groups excluding carboxylic acids is 2. The third kappa shape index (κ3) is 4.51. The maximum absolute atomic E-state index is 12.6. The topological polar surface area (TPSA) is 98.2 Å². The molecule has 3 rings (SSSR count). The number of para-hydroxylation sites is 1. The molecule has 5 nitrogen and oxygen atoms in total. The highest BCUT2D eigenvalue weighted by Crippen LogP contribution is 2.35. The van der Waals surface area contributed by atoms with Crippen LogP contribution in [0.15, 0.2) is 78.4 Å². The average molecular weight is 361 g/mol. The van der Waals surface area contributed by atoms with Crippen molar-refractivity contribution >= 4 is 17.5 Å². The largest absolute Gasteiger partial charge is 0.366 e. The smallest absolute Gasteiger partial charge is 0.245 e. The molecule has 0 heterocycles. The van der Waals surface area contributed by atoms with Gasteiger partial charge in [-0.3, -0.25) is 9.59 Å². The average Bonchev–Trinajstić information content (AvgIpc) is 2.69. The predicted octanol–water partition coefficient (Wildman–Crippen LogP) is 2.65. The van der Waals surface area contributed by atoms with E-state index < -0.39 is 11.9 Å². The van der Waals surface area contributed by atoms with Crippen LogP contribution >= 0.6 is 0 Å². The Kier molecular flexibility index (Phi) is 5.84. The number of benzene rings is 2. The highest BCUT2D eigenvalue weighted by molar-refractivity contribution is 5.97. The molecule has 0 spiro atoms. The molecule has 0 saturated heterocycles. The van der Waals surface area contributed by atoms with Crippen molar-refractivity contribution < 1.29 is 9.59 Å². The summed E-state index contributed by atoms with van der Waals surface area (Å²) >= 11 is 0. The van der Waals surface area contributed by atoms with Gasteiger partial charge < -0.3 is 16.8 Å². The van der Waals surface area contributed by atoms with Crippen molar-refractivity contribution in [1.82, 2.24) is 0 Å². The second-order valence-corrected chi connectivity index (χ2v) is 6.58. The van der Waals surface area contributed by atoms with Crippen molar-refractivity contribution in [2.24, 2.45) is 11.5 Å². The molecule has 2 amide bonds. The third-order valence-corrected chi connectivity index (χ3v) is 4.67. The van der Waals surface area contributed by atoms with E-state index in [9.17, 15) is 9.59 Å². The number of primary amides is 1. The number of carbonyl (C=O) groups is 2. The van der Waals surface area contributed by atoms with Crippen LogP contribution in [0.25, 0.3) is 0 Å². The lowest BCUT2D eigenvalue weighted by Gasteiger charge is -2.23. The maximum Gasteiger partial charge on any atom is 0.245 e. The van der Waals surface area contributed by atoms with Gasteiger partial charge in [-0.2, -0.15) is 0 Å². The molecule has 5 heteroatoms. The molecule has 2 atom stereocenters. The molecule has 0 saturated carbocycles. The lowest BCUT2D eigenvalue weighted by molar-refractivity contribution is -0.117. The van der Waals surface area contributed by atoms with Crippen molar-refractivity contribution in [1.29, 1.82) is 0 Å². The first-order valence-corrected chi connectivity index (χ1v) is 8.92. The summed E-state index contributed by atoms with van der Waals surface area (Å²) in [6.07, 6.45) is 6.64. The molecule has 2 aromatic carbocycles. The van der Waals surface area contributed by atoms with Gasteiger partial charge in [-0.1, -0.05) is 66.8 Å². The van der Waals surface area contributed by atoms with Crippen LogP contribution in [0, 0.1) is 0 Å². The van der Waals surface area contributed by atoms with Crippen LogP contribution in [0.3, 0.4) is 0 Å². The summed E-state index contributed by atoms with van der Waals surface area (Å²) in [6, 6.07) is 16.4. The second kappa shape index (κ2) is 8.47. The molecule has 0 radical (unpaired) electrons. The number of nitrogens with one attached hydrogen (secondary N) is 1. The minimum absolute atomic E-state index is 0.186. The van der Waals surface area contributed by atoms with Crippen LogP contribution in [-0.2, 0) is 16.0 Å². The Labute approximate surface area is 158 Å². The van der Waals surface area contributed by atoms with Gasteiger partial charge in [-0.05, 0) is 30.0 Å². The van der Waals surface area contributed by atoms with Gasteiger partial charge in [-0.25, -0.2) is 0 Å². The Hall–Kier alpha value is -3.18. The first-order chi connectivity index (χ1) is 13.1. The molecular weight excluding hydrogens is 338 g/mol. The first kappa shape index (κ1) is 18.6. The molecule has 5 N–H and O–H groups in total. The Morgan fingerprint density at radius 3 is 2.52 bits per heavy atom. The van der Waals surface area contributed by atoms with Gasteiger partial charge >= 0.3 is 0 Å². The summed E-state index contributed by atoms with van der Waals surface area (Å²) in [4.78, 5) is 24.4.